The van der Waals surface area contributed by atoms with Gasteiger partial charge < -0.3 is 19.7 Å². The van der Waals surface area contributed by atoms with Crippen molar-refractivity contribution in [1.29, 1.82) is 0 Å². The highest BCUT2D eigenvalue weighted by atomic mass is 79.9. The third-order valence-corrected chi connectivity index (χ3v) is 4.25. The summed E-state index contributed by atoms with van der Waals surface area (Å²) in [4.78, 5) is 14.0. The first-order chi connectivity index (χ1) is 9.67. The van der Waals surface area contributed by atoms with Gasteiger partial charge >= 0.3 is 6.03 Å². The highest BCUT2D eigenvalue weighted by Gasteiger charge is 2.40. The predicted octanol–water partition coefficient (Wildman–Crippen LogP) is 2.82. The molecule has 1 aromatic carbocycles. The number of urea groups is 1. The molecule has 0 saturated carbocycles. The molecule has 5 nitrogen and oxygen atoms in total. The molecule has 0 aromatic heterocycles. The number of piperidine rings is 1. The predicted molar refractivity (Wildman–Crippen MR) is 78.6 cm³/mol. The Morgan fingerprint density at radius 2 is 1.75 bits per heavy atom. The third-order valence-electron chi connectivity index (χ3n) is 3.72. The lowest BCUT2D eigenvalue weighted by Crippen LogP contribution is -2.48. The van der Waals surface area contributed by atoms with Crippen molar-refractivity contribution in [1.82, 2.24) is 4.90 Å². The van der Waals surface area contributed by atoms with Gasteiger partial charge in [-0.3, -0.25) is 0 Å². The molecule has 3 rings (SSSR count). The van der Waals surface area contributed by atoms with Crippen LogP contribution in [0.3, 0.4) is 0 Å². The maximum atomic E-state index is 12.2. The van der Waals surface area contributed by atoms with Crippen LogP contribution in [0.5, 0.6) is 0 Å². The van der Waals surface area contributed by atoms with Crippen molar-refractivity contribution in [3.8, 4) is 0 Å². The number of anilines is 1. The van der Waals surface area contributed by atoms with Gasteiger partial charge in [-0.1, -0.05) is 15.9 Å². The van der Waals surface area contributed by atoms with Crippen LogP contribution in [0.15, 0.2) is 28.7 Å². The van der Waals surface area contributed by atoms with Crippen molar-refractivity contribution in [3.05, 3.63) is 28.7 Å². The lowest BCUT2D eigenvalue weighted by molar-refractivity contribution is -0.181. The van der Waals surface area contributed by atoms with Crippen molar-refractivity contribution < 1.29 is 14.3 Å². The number of ether oxygens (including phenoxy) is 2. The van der Waals surface area contributed by atoms with E-state index in [1.807, 2.05) is 24.3 Å². The molecule has 108 valence electrons. The largest absolute Gasteiger partial charge is 0.347 e. The molecular formula is C14H17BrN2O3. The molecule has 2 aliphatic rings. The summed E-state index contributed by atoms with van der Waals surface area (Å²) >= 11 is 3.37. The Morgan fingerprint density at radius 3 is 2.35 bits per heavy atom. The number of rotatable bonds is 1. The van der Waals surface area contributed by atoms with E-state index in [1.165, 1.54) is 0 Å². The second-order valence-corrected chi connectivity index (χ2v) is 5.95. The third kappa shape index (κ3) is 2.97. The summed E-state index contributed by atoms with van der Waals surface area (Å²) in [6.45, 7) is 2.63. The molecule has 2 saturated heterocycles. The number of hydrogen-bond donors (Lipinski definition) is 1. The smallest absolute Gasteiger partial charge is 0.321 e. The Kier molecular flexibility index (Phi) is 3.96. The number of benzene rings is 1. The molecule has 1 aromatic rings. The van der Waals surface area contributed by atoms with E-state index in [0.29, 0.717) is 26.3 Å². The SMILES string of the molecule is O=C(Nc1ccc(Br)cc1)N1CCC2(CC1)OCCO2. The Morgan fingerprint density at radius 1 is 1.15 bits per heavy atom. The van der Waals surface area contributed by atoms with Gasteiger partial charge in [-0.05, 0) is 24.3 Å². The number of halogens is 1. The van der Waals surface area contributed by atoms with Gasteiger partial charge in [-0.2, -0.15) is 0 Å². The second-order valence-electron chi connectivity index (χ2n) is 5.03. The van der Waals surface area contributed by atoms with Crippen LogP contribution in [-0.4, -0.2) is 43.0 Å². The van der Waals surface area contributed by atoms with Crippen molar-refractivity contribution in [3.63, 3.8) is 0 Å². The number of nitrogens with one attached hydrogen (secondary N) is 1. The molecule has 0 unspecified atom stereocenters. The zero-order valence-corrected chi connectivity index (χ0v) is 12.7. The Bertz CT molecular complexity index is 476. The van der Waals surface area contributed by atoms with E-state index in [4.69, 9.17) is 9.47 Å². The van der Waals surface area contributed by atoms with Gasteiger partial charge in [0.15, 0.2) is 5.79 Å². The lowest BCUT2D eigenvalue weighted by atomic mass is 10.0. The van der Waals surface area contributed by atoms with Crippen molar-refractivity contribution in [2.24, 2.45) is 0 Å². The van der Waals surface area contributed by atoms with Gasteiger partial charge in [0.25, 0.3) is 0 Å². The fourth-order valence-electron chi connectivity index (χ4n) is 2.57. The first kappa shape index (κ1) is 13.9. The number of amides is 2. The van der Waals surface area contributed by atoms with E-state index in [9.17, 15) is 4.79 Å². The standard InChI is InChI=1S/C14H17BrN2O3/c15-11-1-3-12(4-2-11)16-13(18)17-7-5-14(6-8-17)19-9-10-20-14/h1-4H,5-10H2,(H,16,18). The molecule has 0 atom stereocenters. The average Bonchev–Trinajstić information content (AvgIpc) is 2.90. The molecular weight excluding hydrogens is 324 g/mol. The minimum atomic E-state index is -0.436. The summed E-state index contributed by atoms with van der Waals surface area (Å²) in [5.41, 5.74) is 0.798. The van der Waals surface area contributed by atoms with E-state index >= 15 is 0 Å². The molecule has 6 heteroatoms. The minimum absolute atomic E-state index is 0.0693. The molecule has 20 heavy (non-hydrogen) atoms. The number of likely N-dealkylation sites (tertiary alicyclic amines) is 1. The zero-order chi connectivity index (χ0) is 14.0. The van der Waals surface area contributed by atoms with E-state index in [2.05, 4.69) is 21.2 Å². The molecule has 2 heterocycles. The zero-order valence-electron chi connectivity index (χ0n) is 11.1. The van der Waals surface area contributed by atoms with Gasteiger partial charge in [0.2, 0.25) is 0 Å². The molecule has 2 fully saturated rings. The average molecular weight is 341 g/mol. The van der Waals surface area contributed by atoms with Gasteiger partial charge in [0.05, 0.1) is 13.2 Å². The summed E-state index contributed by atoms with van der Waals surface area (Å²) in [6, 6.07) is 7.48. The molecule has 0 aliphatic carbocycles. The molecule has 1 N–H and O–H groups in total. The van der Waals surface area contributed by atoms with E-state index in [1.54, 1.807) is 4.90 Å². The van der Waals surface area contributed by atoms with Crippen LogP contribution >= 0.6 is 15.9 Å². The Balaban J connectivity index is 1.55. The summed E-state index contributed by atoms with van der Waals surface area (Å²) in [7, 11) is 0. The minimum Gasteiger partial charge on any atom is -0.347 e. The normalized spacial score (nSPS) is 21.1. The maximum absolute atomic E-state index is 12.2. The fourth-order valence-corrected chi connectivity index (χ4v) is 2.84. The number of hydrogen-bond acceptors (Lipinski definition) is 3. The second kappa shape index (κ2) is 5.71. The molecule has 1 spiro atoms. The Hall–Kier alpha value is -1.11. The summed E-state index contributed by atoms with van der Waals surface area (Å²) < 4.78 is 12.3. The number of carbonyl (C=O) groups is 1. The fraction of sp³-hybridized carbons (Fsp3) is 0.500. The summed E-state index contributed by atoms with van der Waals surface area (Å²) in [6.07, 6.45) is 1.47. The highest BCUT2D eigenvalue weighted by Crippen LogP contribution is 2.31. The van der Waals surface area contributed by atoms with Crippen LogP contribution in [0.4, 0.5) is 10.5 Å². The van der Waals surface area contributed by atoms with Gasteiger partial charge in [0, 0.05) is 36.1 Å². The highest BCUT2D eigenvalue weighted by molar-refractivity contribution is 9.10. The number of carbonyl (C=O) groups excluding carboxylic acids is 1. The first-order valence-corrected chi connectivity index (χ1v) is 7.56. The first-order valence-electron chi connectivity index (χ1n) is 6.76. The monoisotopic (exact) mass is 340 g/mol. The van der Waals surface area contributed by atoms with Crippen molar-refractivity contribution in [2.45, 2.75) is 18.6 Å². The lowest BCUT2D eigenvalue weighted by Gasteiger charge is -2.37. The van der Waals surface area contributed by atoms with E-state index < -0.39 is 5.79 Å². The van der Waals surface area contributed by atoms with Crippen LogP contribution in [0, 0.1) is 0 Å². The van der Waals surface area contributed by atoms with Crippen molar-refractivity contribution in [2.75, 3.05) is 31.6 Å². The van der Waals surface area contributed by atoms with E-state index in [-0.39, 0.29) is 6.03 Å². The molecule has 0 radical (unpaired) electrons. The van der Waals surface area contributed by atoms with Crippen LogP contribution in [-0.2, 0) is 9.47 Å². The maximum Gasteiger partial charge on any atom is 0.321 e. The van der Waals surface area contributed by atoms with Gasteiger partial charge in [0.1, 0.15) is 0 Å². The van der Waals surface area contributed by atoms with Crippen LogP contribution in [0.25, 0.3) is 0 Å². The molecule has 0 bridgehead atoms. The summed E-state index contributed by atoms with van der Waals surface area (Å²) in [5.74, 6) is -0.436. The van der Waals surface area contributed by atoms with Gasteiger partial charge in [-0.15, -0.1) is 0 Å². The van der Waals surface area contributed by atoms with Gasteiger partial charge in [-0.25, -0.2) is 4.79 Å². The van der Waals surface area contributed by atoms with Crippen LogP contribution in [0.1, 0.15) is 12.8 Å². The van der Waals surface area contributed by atoms with Crippen LogP contribution < -0.4 is 5.32 Å². The topological polar surface area (TPSA) is 50.8 Å². The number of nitrogens with zero attached hydrogens (tertiary/aromatic N) is 1. The van der Waals surface area contributed by atoms with E-state index in [0.717, 1.165) is 23.0 Å². The van der Waals surface area contributed by atoms with Crippen LogP contribution in [0.2, 0.25) is 0 Å². The Labute approximate surface area is 126 Å². The molecule has 2 aliphatic heterocycles. The van der Waals surface area contributed by atoms with Crippen molar-refractivity contribution >= 4 is 27.6 Å². The quantitative estimate of drug-likeness (QED) is 0.855. The molecule has 2 amide bonds. The summed E-state index contributed by atoms with van der Waals surface area (Å²) in [5, 5.41) is 2.90.